The number of ether oxygens (including phenoxy) is 2. The Morgan fingerprint density at radius 3 is 2.25 bits per heavy atom. The maximum Gasteiger partial charge on any atom is 0.262 e. The fourth-order valence-corrected chi connectivity index (χ4v) is 4.83. The number of methoxy groups -OCH3 is 2. The number of para-hydroxylation sites is 1. The summed E-state index contributed by atoms with van der Waals surface area (Å²) in [6, 6.07) is 19.5. The molecule has 3 aromatic carbocycles. The second-order valence-corrected chi connectivity index (χ2v) is 9.60. The van der Waals surface area contributed by atoms with E-state index in [0.717, 1.165) is 22.2 Å². The number of sulfonamides is 1. The number of allylic oxidation sites excluding steroid dienone is 1. The topological polar surface area (TPSA) is 95.9 Å². The van der Waals surface area contributed by atoms with Gasteiger partial charge in [-0.1, -0.05) is 23.1 Å². The Bertz CT molecular complexity index is 1550. The van der Waals surface area contributed by atoms with Gasteiger partial charge in [-0.05, 0) is 54.6 Å². The third-order valence-electron chi connectivity index (χ3n) is 5.84. The predicted molar refractivity (Wildman–Crippen MR) is 139 cm³/mol. The van der Waals surface area contributed by atoms with Crippen molar-refractivity contribution in [3.8, 4) is 22.8 Å². The molecule has 4 rings (SSSR count). The fraction of sp³-hybridized carbons (Fsp3) is 0.148. The van der Waals surface area contributed by atoms with Crippen molar-refractivity contribution in [1.82, 2.24) is 9.45 Å². The van der Waals surface area contributed by atoms with Crippen LogP contribution in [0, 0.1) is 0 Å². The van der Waals surface area contributed by atoms with Gasteiger partial charge in [-0.3, -0.25) is 9.63 Å². The lowest BCUT2D eigenvalue weighted by molar-refractivity contribution is 0.104. The van der Waals surface area contributed by atoms with Gasteiger partial charge in [0.2, 0.25) is 0 Å². The van der Waals surface area contributed by atoms with Crippen LogP contribution in [0.1, 0.15) is 15.9 Å². The van der Waals surface area contributed by atoms with E-state index in [4.69, 9.17) is 9.47 Å². The van der Waals surface area contributed by atoms with E-state index < -0.39 is 10.0 Å². The van der Waals surface area contributed by atoms with Crippen LogP contribution in [0.5, 0.6) is 11.5 Å². The SMILES string of the molecule is CONS(=O)(=O)c1ccc(C(=O)C=Cc2cc(-c3cc4ccccc4n3C)c(OC)cc2OC)cc1. The lowest BCUT2D eigenvalue weighted by atomic mass is 10.0. The molecule has 1 heterocycles. The normalized spacial score (nSPS) is 11.8. The Balaban J connectivity index is 1.69. The molecule has 0 bridgehead atoms. The highest BCUT2D eigenvalue weighted by molar-refractivity contribution is 7.89. The minimum Gasteiger partial charge on any atom is -0.496 e. The van der Waals surface area contributed by atoms with Crippen molar-refractivity contribution in [2.45, 2.75) is 4.90 Å². The van der Waals surface area contributed by atoms with Crippen molar-refractivity contribution in [1.29, 1.82) is 0 Å². The predicted octanol–water partition coefficient (Wildman–Crippen LogP) is 4.60. The molecule has 0 saturated carbocycles. The molecule has 0 unspecified atom stereocenters. The zero-order chi connectivity index (χ0) is 25.9. The summed E-state index contributed by atoms with van der Waals surface area (Å²) in [6.07, 6.45) is 3.09. The van der Waals surface area contributed by atoms with E-state index in [1.165, 1.54) is 37.5 Å². The second-order valence-electron chi connectivity index (χ2n) is 7.95. The van der Waals surface area contributed by atoms with Gasteiger partial charge in [0, 0.05) is 40.7 Å². The summed E-state index contributed by atoms with van der Waals surface area (Å²) in [5, 5.41) is 1.10. The van der Waals surface area contributed by atoms with E-state index in [9.17, 15) is 13.2 Å². The maximum absolute atomic E-state index is 12.8. The van der Waals surface area contributed by atoms with Crippen LogP contribution in [-0.4, -0.2) is 40.1 Å². The maximum atomic E-state index is 12.8. The molecular formula is C27H26N2O6S. The zero-order valence-electron chi connectivity index (χ0n) is 20.3. The highest BCUT2D eigenvalue weighted by atomic mass is 32.2. The first-order valence-electron chi connectivity index (χ1n) is 11.0. The minimum atomic E-state index is -3.80. The molecule has 0 amide bonds. The number of ketones is 1. The van der Waals surface area contributed by atoms with Crippen LogP contribution in [0.15, 0.2) is 77.7 Å². The van der Waals surface area contributed by atoms with Gasteiger partial charge in [0.25, 0.3) is 10.0 Å². The van der Waals surface area contributed by atoms with E-state index in [0.29, 0.717) is 22.6 Å². The van der Waals surface area contributed by atoms with Gasteiger partial charge in [0.1, 0.15) is 11.5 Å². The Kier molecular flexibility index (Phi) is 7.25. The molecule has 0 aliphatic carbocycles. The molecule has 4 aromatic rings. The van der Waals surface area contributed by atoms with Crippen LogP contribution < -0.4 is 14.4 Å². The van der Waals surface area contributed by atoms with Crippen LogP contribution in [0.2, 0.25) is 0 Å². The van der Waals surface area contributed by atoms with Crippen LogP contribution in [-0.2, 0) is 21.9 Å². The summed E-state index contributed by atoms with van der Waals surface area (Å²) in [5.41, 5.74) is 3.92. The largest absolute Gasteiger partial charge is 0.496 e. The van der Waals surface area contributed by atoms with E-state index in [-0.39, 0.29) is 10.7 Å². The number of carbonyl (C=O) groups is 1. The number of fused-ring (bicyclic) bond motifs is 1. The molecule has 1 N–H and O–H groups in total. The van der Waals surface area contributed by atoms with Crippen molar-refractivity contribution in [3.63, 3.8) is 0 Å². The van der Waals surface area contributed by atoms with Crippen LogP contribution in [0.3, 0.4) is 0 Å². The van der Waals surface area contributed by atoms with Crippen molar-refractivity contribution < 1.29 is 27.5 Å². The monoisotopic (exact) mass is 506 g/mol. The lowest BCUT2D eigenvalue weighted by Gasteiger charge is -2.14. The van der Waals surface area contributed by atoms with Crippen molar-refractivity contribution in [2.24, 2.45) is 7.05 Å². The summed E-state index contributed by atoms with van der Waals surface area (Å²) in [6.45, 7) is 0. The standard InChI is InChI=1S/C27H26N2O6S/c1-29-23-8-6-5-7-19(23)16-24(29)22-15-20(26(33-2)17-27(22)34-3)11-14-25(30)18-9-12-21(13-10-18)36(31,32)28-35-4/h5-17,28H,1-4H3. The number of hydrogen-bond donors (Lipinski definition) is 1. The average Bonchev–Trinajstić information content (AvgIpc) is 3.23. The van der Waals surface area contributed by atoms with Gasteiger partial charge in [0.15, 0.2) is 5.78 Å². The van der Waals surface area contributed by atoms with Crippen LogP contribution >= 0.6 is 0 Å². The molecule has 0 aliphatic rings. The lowest BCUT2D eigenvalue weighted by Crippen LogP contribution is -2.22. The molecule has 9 heteroatoms. The molecular weight excluding hydrogens is 480 g/mol. The number of aromatic nitrogens is 1. The molecule has 36 heavy (non-hydrogen) atoms. The van der Waals surface area contributed by atoms with Gasteiger partial charge in [-0.2, -0.15) is 0 Å². The third-order valence-corrected chi connectivity index (χ3v) is 7.11. The number of aryl methyl sites for hydroxylation is 1. The van der Waals surface area contributed by atoms with Crippen molar-refractivity contribution in [3.05, 3.63) is 83.9 Å². The molecule has 0 radical (unpaired) electrons. The Labute approximate surface area is 209 Å². The molecule has 0 saturated heterocycles. The smallest absolute Gasteiger partial charge is 0.262 e. The number of hydrogen-bond acceptors (Lipinski definition) is 6. The Morgan fingerprint density at radius 2 is 1.61 bits per heavy atom. The second kappa shape index (κ2) is 10.4. The quantitative estimate of drug-likeness (QED) is 0.203. The molecule has 186 valence electrons. The molecule has 0 atom stereocenters. The van der Waals surface area contributed by atoms with Crippen molar-refractivity contribution in [2.75, 3.05) is 21.3 Å². The molecule has 0 fully saturated rings. The zero-order valence-corrected chi connectivity index (χ0v) is 21.1. The first-order chi connectivity index (χ1) is 17.3. The summed E-state index contributed by atoms with van der Waals surface area (Å²) in [7, 11) is 2.56. The summed E-state index contributed by atoms with van der Waals surface area (Å²) >= 11 is 0. The number of nitrogens with one attached hydrogen (secondary N) is 1. The highest BCUT2D eigenvalue weighted by Gasteiger charge is 2.17. The highest BCUT2D eigenvalue weighted by Crippen LogP contribution is 2.38. The first-order valence-corrected chi connectivity index (χ1v) is 12.5. The number of nitrogens with zero attached hydrogens (tertiary/aromatic N) is 1. The molecule has 1 aromatic heterocycles. The summed E-state index contributed by atoms with van der Waals surface area (Å²) in [4.78, 5) is 19.2. The minimum absolute atomic E-state index is 0.0127. The van der Waals surface area contributed by atoms with Crippen LogP contribution in [0.4, 0.5) is 0 Å². The van der Waals surface area contributed by atoms with E-state index >= 15 is 0 Å². The number of rotatable bonds is 9. The summed E-state index contributed by atoms with van der Waals surface area (Å²) in [5.74, 6) is 0.899. The average molecular weight is 507 g/mol. The molecule has 0 spiro atoms. The van der Waals surface area contributed by atoms with E-state index in [1.54, 1.807) is 26.4 Å². The van der Waals surface area contributed by atoms with Gasteiger partial charge in [-0.25, -0.2) is 8.42 Å². The molecule has 0 aliphatic heterocycles. The van der Waals surface area contributed by atoms with Gasteiger partial charge in [0.05, 0.1) is 31.9 Å². The molecule has 8 nitrogen and oxygen atoms in total. The Morgan fingerprint density at radius 1 is 0.917 bits per heavy atom. The van der Waals surface area contributed by atoms with Gasteiger partial charge >= 0.3 is 0 Å². The van der Waals surface area contributed by atoms with E-state index in [1.807, 2.05) is 30.1 Å². The third kappa shape index (κ3) is 4.90. The van der Waals surface area contributed by atoms with Gasteiger partial charge < -0.3 is 14.0 Å². The first kappa shape index (κ1) is 25.2. The van der Waals surface area contributed by atoms with Gasteiger partial charge in [-0.15, -0.1) is 0 Å². The summed E-state index contributed by atoms with van der Waals surface area (Å²) < 4.78 is 37.3. The number of carbonyl (C=O) groups excluding carboxylic acids is 1. The Hall–Kier alpha value is -3.92. The van der Waals surface area contributed by atoms with Crippen molar-refractivity contribution >= 4 is 32.8 Å². The number of benzene rings is 3. The van der Waals surface area contributed by atoms with E-state index in [2.05, 4.69) is 27.6 Å². The van der Waals surface area contributed by atoms with Crippen LogP contribution in [0.25, 0.3) is 28.2 Å². The fourth-order valence-electron chi connectivity index (χ4n) is 4.02.